The Labute approximate surface area is 207 Å². The van der Waals surface area contributed by atoms with Crippen LogP contribution in [0.15, 0.2) is 24.3 Å². The number of nitrogens with one attached hydrogen (secondary N) is 1. The molecule has 11 heteroatoms. The average molecular weight is 507 g/mol. The van der Waals surface area contributed by atoms with Gasteiger partial charge >= 0.3 is 6.03 Å². The minimum absolute atomic E-state index is 0.0355. The summed E-state index contributed by atoms with van der Waals surface area (Å²) in [6, 6.07) is 5.83. The number of urea groups is 1. The molecule has 1 saturated carbocycles. The Morgan fingerprint density at radius 3 is 2.64 bits per heavy atom. The van der Waals surface area contributed by atoms with Gasteiger partial charge in [-0.3, -0.25) is 0 Å². The number of nitrogens with zero attached hydrogens (tertiary/aromatic N) is 3. The lowest BCUT2D eigenvalue weighted by Gasteiger charge is -2.28. The molecule has 2 N–H and O–H groups in total. The van der Waals surface area contributed by atoms with Gasteiger partial charge in [-0.05, 0) is 48.2 Å². The summed E-state index contributed by atoms with van der Waals surface area (Å²) in [5, 5.41) is 11.7. The number of amides is 2. The Morgan fingerprint density at radius 1 is 1.22 bits per heavy atom. The fraction of sp³-hybridized carbons (Fsp3) is 0.520. The van der Waals surface area contributed by atoms with Crippen LogP contribution in [0.25, 0.3) is 11.1 Å². The number of benzene rings is 1. The number of carbonyl (C=O) groups excluding carboxylic acids is 1. The second kappa shape index (κ2) is 9.44. The molecule has 2 aromatic rings. The van der Waals surface area contributed by atoms with Gasteiger partial charge in [0.15, 0.2) is 0 Å². The van der Waals surface area contributed by atoms with Crippen LogP contribution in [0.3, 0.4) is 0 Å². The van der Waals surface area contributed by atoms with Crippen LogP contribution in [0.1, 0.15) is 18.4 Å². The third-order valence-electron chi connectivity index (χ3n) is 7.18. The zero-order valence-corrected chi connectivity index (χ0v) is 20.0. The summed E-state index contributed by atoms with van der Waals surface area (Å²) >= 11 is 0. The quantitative estimate of drug-likeness (QED) is 0.622. The number of aromatic nitrogens is 1. The number of rotatable bonds is 6. The van der Waals surface area contributed by atoms with Gasteiger partial charge in [0.05, 0.1) is 30.9 Å². The topological polar surface area (TPSA) is 87.2 Å². The van der Waals surface area contributed by atoms with Crippen molar-refractivity contribution in [3.63, 3.8) is 0 Å². The number of pyridine rings is 1. The highest BCUT2D eigenvalue weighted by molar-refractivity contribution is 5.91. The number of carbonyl (C=O) groups is 1. The number of anilines is 2. The fourth-order valence-corrected chi connectivity index (χ4v) is 4.97. The SMILES string of the molecule is Cc1cc(F)c(NC(=O)N2CC[C@@]3(C2)CC3(F)F)cc1-c1cc(OCCO)nc(N2CCOCC2)c1. The number of hydrogen-bond donors (Lipinski definition) is 2. The number of aryl methyl sites for hydroxylation is 1. The van der Waals surface area contributed by atoms with Crippen molar-refractivity contribution in [2.75, 3.05) is 62.8 Å². The molecule has 2 aliphatic heterocycles. The first-order valence-electron chi connectivity index (χ1n) is 12.0. The lowest BCUT2D eigenvalue weighted by Crippen LogP contribution is -2.36. The van der Waals surface area contributed by atoms with E-state index in [4.69, 9.17) is 9.47 Å². The molecule has 5 rings (SSSR count). The summed E-state index contributed by atoms with van der Waals surface area (Å²) < 4.78 is 53.3. The molecule has 2 saturated heterocycles. The first-order valence-corrected chi connectivity index (χ1v) is 12.0. The van der Waals surface area contributed by atoms with Crippen molar-refractivity contribution < 1.29 is 32.5 Å². The van der Waals surface area contributed by atoms with Crippen LogP contribution in [-0.4, -0.2) is 79.6 Å². The molecule has 3 fully saturated rings. The van der Waals surface area contributed by atoms with Gasteiger partial charge < -0.3 is 29.7 Å². The van der Waals surface area contributed by atoms with E-state index in [0.717, 1.165) is 0 Å². The van der Waals surface area contributed by atoms with Crippen LogP contribution in [-0.2, 0) is 4.74 Å². The molecule has 36 heavy (non-hydrogen) atoms. The molecule has 1 aromatic carbocycles. The Balaban J connectivity index is 1.41. The van der Waals surface area contributed by atoms with E-state index in [1.165, 1.54) is 17.0 Å². The third kappa shape index (κ3) is 4.69. The van der Waals surface area contributed by atoms with Crippen molar-refractivity contribution in [2.24, 2.45) is 5.41 Å². The molecule has 1 aliphatic carbocycles. The largest absolute Gasteiger partial charge is 0.475 e. The maximum atomic E-state index is 14.9. The lowest BCUT2D eigenvalue weighted by molar-refractivity contribution is 0.0678. The predicted octanol–water partition coefficient (Wildman–Crippen LogP) is 3.67. The number of aliphatic hydroxyl groups is 1. The van der Waals surface area contributed by atoms with Gasteiger partial charge in [-0.1, -0.05) is 0 Å². The highest BCUT2D eigenvalue weighted by Crippen LogP contribution is 2.65. The second-order valence-corrected chi connectivity index (χ2v) is 9.63. The predicted molar refractivity (Wildman–Crippen MR) is 127 cm³/mol. The summed E-state index contributed by atoms with van der Waals surface area (Å²) in [7, 11) is 0. The van der Waals surface area contributed by atoms with Gasteiger partial charge in [0.2, 0.25) is 5.88 Å². The highest BCUT2D eigenvalue weighted by Gasteiger charge is 2.73. The molecule has 1 aromatic heterocycles. The van der Waals surface area contributed by atoms with Crippen molar-refractivity contribution in [3.05, 3.63) is 35.6 Å². The molecule has 0 unspecified atom stereocenters. The number of morpholine rings is 1. The first-order chi connectivity index (χ1) is 17.2. The van der Waals surface area contributed by atoms with Crippen LogP contribution >= 0.6 is 0 Å². The summed E-state index contributed by atoms with van der Waals surface area (Å²) in [5.74, 6) is -2.38. The molecule has 1 atom stereocenters. The first kappa shape index (κ1) is 24.6. The van der Waals surface area contributed by atoms with Crippen molar-refractivity contribution in [3.8, 4) is 17.0 Å². The number of alkyl halides is 2. The van der Waals surface area contributed by atoms with E-state index in [-0.39, 0.29) is 44.8 Å². The zero-order valence-electron chi connectivity index (χ0n) is 20.0. The van der Waals surface area contributed by atoms with Crippen molar-refractivity contribution in [2.45, 2.75) is 25.7 Å². The second-order valence-electron chi connectivity index (χ2n) is 9.63. The number of likely N-dealkylation sites (tertiary alicyclic amines) is 1. The van der Waals surface area contributed by atoms with Gasteiger partial charge in [-0.15, -0.1) is 0 Å². The Bertz CT molecular complexity index is 1160. The molecule has 3 heterocycles. The van der Waals surface area contributed by atoms with Crippen LogP contribution in [0, 0.1) is 18.2 Å². The standard InChI is InChI=1S/C25H29F3N4O4/c1-16-10-19(26)20(29-23(34)32-3-2-24(15-32)14-25(24,27)28)13-18(16)17-11-21(31-4-7-35-8-5-31)30-22(12-17)36-9-6-33/h10-13,33H,2-9,14-15H2,1H3,(H,29,34)/t24-/m0/s1. The van der Waals surface area contributed by atoms with E-state index in [9.17, 15) is 23.1 Å². The monoisotopic (exact) mass is 506 g/mol. The number of aliphatic hydroxyl groups excluding tert-OH is 1. The zero-order chi connectivity index (χ0) is 25.5. The molecule has 1 spiro atoms. The van der Waals surface area contributed by atoms with Crippen molar-refractivity contribution >= 4 is 17.5 Å². The normalized spacial score (nSPS) is 22.7. The molecule has 0 radical (unpaired) electrons. The molecular weight excluding hydrogens is 477 g/mol. The summed E-state index contributed by atoms with van der Waals surface area (Å²) in [5.41, 5.74) is 0.829. The maximum absolute atomic E-state index is 14.9. The molecule has 0 bridgehead atoms. The van der Waals surface area contributed by atoms with Crippen molar-refractivity contribution in [1.82, 2.24) is 9.88 Å². The van der Waals surface area contributed by atoms with E-state index in [0.29, 0.717) is 54.7 Å². The van der Waals surface area contributed by atoms with E-state index >= 15 is 0 Å². The van der Waals surface area contributed by atoms with Crippen LogP contribution in [0.4, 0.5) is 29.5 Å². The lowest BCUT2D eigenvalue weighted by atomic mass is 10.00. The van der Waals surface area contributed by atoms with E-state index in [2.05, 4.69) is 15.2 Å². The van der Waals surface area contributed by atoms with Gasteiger partial charge in [0.25, 0.3) is 5.92 Å². The Morgan fingerprint density at radius 2 is 1.97 bits per heavy atom. The number of halogens is 3. The smallest absolute Gasteiger partial charge is 0.321 e. The molecule has 2 amide bonds. The summed E-state index contributed by atoms with van der Waals surface area (Å²) in [6.07, 6.45) is 0.0357. The van der Waals surface area contributed by atoms with Gasteiger partial charge in [0.1, 0.15) is 18.2 Å². The minimum atomic E-state index is -2.74. The minimum Gasteiger partial charge on any atom is -0.475 e. The third-order valence-corrected chi connectivity index (χ3v) is 7.18. The number of ether oxygens (including phenoxy) is 2. The summed E-state index contributed by atoms with van der Waals surface area (Å²) in [6.45, 7) is 4.25. The molecule has 194 valence electrons. The molecule has 3 aliphatic rings. The Kier molecular flexibility index (Phi) is 6.46. The van der Waals surface area contributed by atoms with E-state index < -0.39 is 23.2 Å². The van der Waals surface area contributed by atoms with Gasteiger partial charge in [0, 0.05) is 38.7 Å². The van der Waals surface area contributed by atoms with Gasteiger partial charge in [-0.25, -0.2) is 18.0 Å². The average Bonchev–Trinajstić information content (AvgIpc) is 3.16. The van der Waals surface area contributed by atoms with Crippen LogP contribution < -0.4 is 15.0 Å². The van der Waals surface area contributed by atoms with Crippen LogP contribution in [0.5, 0.6) is 5.88 Å². The highest BCUT2D eigenvalue weighted by atomic mass is 19.3. The summed E-state index contributed by atoms with van der Waals surface area (Å²) in [4.78, 5) is 20.7. The van der Waals surface area contributed by atoms with Crippen molar-refractivity contribution in [1.29, 1.82) is 0 Å². The molecular formula is C25H29F3N4O4. The van der Waals surface area contributed by atoms with Gasteiger partial charge in [-0.2, -0.15) is 4.98 Å². The Hall–Kier alpha value is -3.05. The number of hydrogen-bond acceptors (Lipinski definition) is 6. The van der Waals surface area contributed by atoms with Crippen LogP contribution in [0.2, 0.25) is 0 Å². The molecule has 8 nitrogen and oxygen atoms in total. The van der Waals surface area contributed by atoms with E-state index in [1.807, 2.05) is 6.07 Å². The maximum Gasteiger partial charge on any atom is 0.321 e. The fourth-order valence-electron chi connectivity index (χ4n) is 4.97. The van der Waals surface area contributed by atoms with E-state index in [1.54, 1.807) is 13.0 Å².